The lowest BCUT2D eigenvalue weighted by Gasteiger charge is -2.13. The van der Waals surface area contributed by atoms with Crippen LogP contribution in [-0.4, -0.2) is 14.7 Å². The van der Waals surface area contributed by atoms with Crippen molar-refractivity contribution in [3.63, 3.8) is 0 Å². The first-order valence-corrected chi connectivity index (χ1v) is 5.83. The number of imidazole rings is 1. The first-order valence-electron chi connectivity index (χ1n) is 5.83. The average molecular weight is 210 g/mol. The quantitative estimate of drug-likeness (QED) is 0.784. The van der Waals surface area contributed by atoms with E-state index in [1.54, 1.807) is 12.5 Å². The van der Waals surface area contributed by atoms with Crippen LogP contribution < -0.4 is 0 Å². The van der Waals surface area contributed by atoms with Crippen molar-refractivity contribution in [2.75, 3.05) is 0 Å². The summed E-state index contributed by atoms with van der Waals surface area (Å²) >= 11 is 0. The predicted octanol–water partition coefficient (Wildman–Crippen LogP) is 2.76. The summed E-state index contributed by atoms with van der Waals surface area (Å²) in [6.45, 7) is 7.36. The molecule has 1 atom stereocenters. The van der Waals surface area contributed by atoms with Gasteiger partial charge in [0, 0.05) is 6.54 Å². The van der Waals surface area contributed by atoms with Crippen LogP contribution >= 0.6 is 0 Å². The Morgan fingerprint density at radius 1 is 1.40 bits per heavy atom. The zero-order chi connectivity index (χ0) is 11.3. The van der Waals surface area contributed by atoms with Crippen LogP contribution in [0.15, 0.2) is 12.5 Å². The van der Waals surface area contributed by atoms with E-state index in [-0.39, 0.29) is 6.10 Å². The molecule has 3 heteroatoms. The van der Waals surface area contributed by atoms with Gasteiger partial charge in [-0.1, -0.05) is 26.7 Å². The number of aliphatic hydroxyl groups is 1. The Labute approximate surface area is 92.1 Å². The summed E-state index contributed by atoms with van der Waals surface area (Å²) in [5.41, 5.74) is 0.946. The standard InChI is InChI=1S/C12H22N2O/c1-4-14-9-13-8-11(14)12(15)7-5-6-10(2)3/h8-10,12,15H,4-7H2,1-3H3. The van der Waals surface area contributed by atoms with Crippen LogP contribution in [0.3, 0.4) is 0 Å². The molecule has 0 amide bonds. The van der Waals surface area contributed by atoms with Gasteiger partial charge in [-0.2, -0.15) is 0 Å². The summed E-state index contributed by atoms with van der Waals surface area (Å²) in [5.74, 6) is 0.716. The maximum atomic E-state index is 9.97. The number of hydrogen-bond acceptors (Lipinski definition) is 2. The van der Waals surface area contributed by atoms with E-state index >= 15 is 0 Å². The van der Waals surface area contributed by atoms with Gasteiger partial charge < -0.3 is 9.67 Å². The fourth-order valence-corrected chi connectivity index (χ4v) is 1.74. The summed E-state index contributed by atoms with van der Waals surface area (Å²) in [5, 5.41) is 9.97. The second-order valence-electron chi connectivity index (χ2n) is 4.45. The number of rotatable bonds is 6. The van der Waals surface area contributed by atoms with Crippen LogP contribution in [0, 0.1) is 5.92 Å². The molecule has 1 rings (SSSR count). The molecule has 0 radical (unpaired) electrons. The molecule has 0 aliphatic heterocycles. The predicted molar refractivity (Wildman–Crippen MR) is 61.5 cm³/mol. The van der Waals surface area contributed by atoms with Crippen molar-refractivity contribution < 1.29 is 5.11 Å². The van der Waals surface area contributed by atoms with E-state index in [0.717, 1.165) is 25.1 Å². The molecule has 0 aromatic carbocycles. The van der Waals surface area contributed by atoms with Crippen LogP contribution in [-0.2, 0) is 6.54 Å². The molecule has 0 saturated carbocycles. The minimum atomic E-state index is -0.355. The van der Waals surface area contributed by atoms with Gasteiger partial charge in [-0.3, -0.25) is 0 Å². The Morgan fingerprint density at radius 2 is 2.13 bits per heavy atom. The molecule has 1 unspecified atom stereocenters. The van der Waals surface area contributed by atoms with Crippen LogP contribution in [0.5, 0.6) is 0 Å². The van der Waals surface area contributed by atoms with Crippen LogP contribution in [0.1, 0.15) is 51.8 Å². The first-order chi connectivity index (χ1) is 7.15. The molecule has 15 heavy (non-hydrogen) atoms. The zero-order valence-corrected chi connectivity index (χ0v) is 9.98. The fourth-order valence-electron chi connectivity index (χ4n) is 1.74. The van der Waals surface area contributed by atoms with E-state index < -0.39 is 0 Å². The molecule has 1 aromatic rings. The highest BCUT2D eigenvalue weighted by Crippen LogP contribution is 2.20. The fraction of sp³-hybridized carbons (Fsp3) is 0.750. The molecule has 0 bridgehead atoms. The minimum Gasteiger partial charge on any atom is -0.387 e. The Hall–Kier alpha value is -0.830. The van der Waals surface area contributed by atoms with Crippen molar-refractivity contribution in [3.05, 3.63) is 18.2 Å². The van der Waals surface area contributed by atoms with Crippen molar-refractivity contribution in [1.82, 2.24) is 9.55 Å². The number of hydrogen-bond donors (Lipinski definition) is 1. The molecular formula is C12H22N2O. The van der Waals surface area contributed by atoms with Crippen molar-refractivity contribution in [1.29, 1.82) is 0 Å². The van der Waals surface area contributed by atoms with Crippen molar-refractivity contribution in [3.8, 4) is 0 Å². The van der Waals surface area contributed by atoms with Gasteiger partial charge in [0.1, 0.15) is 0 Å². The Balaban J connectivity index is 2.43. The monoisotopic (exact) mass is 210 g/mol. The van der Waals surface area contributed by atoms with Gasteiger partial charge >= 0.3 is 0 Å². The van der Waals surface area contributed by atoms with Gasteiger partial charge in [0.25, 0.3) is 0 Å². The SMILES string of the molecule is CCn1cncc1C(O)CCCC(C)C. The van der Waals surface area contributed by atoms with E-state index in [2.05, 4.69) is 25.8 Å². The molecule has 0 aliphatic carbocycles. The van der Waals surface area contributed by atoms with Crippen LogP contribution in [0.2, 0.25) is 0 Å². The second-order valence-corrected chi connectivity index (χ2v) is 4.45. The summed E-state index contributed by atoms with van der Waals surface area (Å²) < 4.78 is 2.00. The number of aliphatic hydroxyl groups excluding tert-OH is 1. The number of aromatic nitrogens is 2. The molecular weight excluding hydrogens is 188 g/mol. The van der Waals surface area contributed by atoms with E-state index in [9.17, 15) is 5.11 Å². The number of nitrogens with zero attached hydrogens (tertiary/aromatic N) is 2. The largest absolute Gasteiger partial charge is 0.387 e. The maximum Gasteiger partial charge on any atom is 0.0955 e. The van der Waals surface area contributed by atoms with Crippen LogP contribution in [0.4, 0.5) is 0 Å². The molecule has 0 fully saturated rings. The lowest BCUT2D eigenvalue weighted by molar-refractivity contribution is 0.153. The van der Waals surface area contributed by atoms with E-state index in [4.69, 9.17) is 0 Å². The molecule has 0 spiro atoms. The lowest BCUT2D eigenvalue weighted by atomic mass is 10.0. The van der Waals surface area contributed by atoms with Gasteiger partial charge in [-0.25, -0.2) is 4.98 Å². The highest BCUT2D eigenvalue weighted by atomic mass is 16.3. The highest BCUT2D eigenvalue weighted by molar-refractivity contribution is 5.02. The highest BCUT2D eigenvalue weighted by Gasteiger charge is 2.11. The molecule has 1 N–H and O–H groups in total. The first kappa shape index (κ1) is 12.2. The third-order valence-corrected chi connectivity index (χ3v) is 2.69. The van der Waals surface area contributed by atoms with Gasteiger partial charge in [0.2, 0.25) is 0 Å². The minimum absolute atomic E-state index is 0.355. The van der Waals surface area contributed by atoms with Gasteiger partial charge in [-0.05, 0) is 19.3 Å². The second kappa shape index (κ2) is 5.91. The van der Waals surface area contributed by atoms with Gasteiger partial charge in [0.05, 0.1) is 24.3 Å². The third-order valence-electron chi connectivity index (χ3n) is 2.69. The topological polar surface area (TPSA) is 38.0 Å². The van der Waals surface area contributed by atoms with Crippen molar-refractivity contribution in [2.45, 2.75) is 52.7 Å². The maximum absolute atomic E-state index is 9.97. The molecule has 0 saturated heterocycles. The van der Waals surface area contributed by atoms with Crippen molar-refractivity contribution >= 4 is 0 Å². The van der Waals surface area contributed by atoms with Crippen LogP contribution in [0.25, 0.3) is 0 Å². The normalized spacial score (nSPS) is 13.4. The molecule has 1 aromatic heterocycles. The Kier molecular flexibility index (Phi) is 4.82. The molecule has 86 valence electrons. The van der Waals surface area contributed by atoms with E-state index in [1.807, 2.05) is 4.57 Å². The average Bonchev–Trinajstić information content (AvgIpc) is 2.64. The molecule has 0 aliphatic rings. The van der Waals surface area contributed by atoms with Gasteiger partial charge in [-0.15, -0.1) is 0 Å². The molecule has 3 nitrogen and oxygen atoms in total. The van der Waals surface area contributed by atoms with Crippen molar-refractivity contribution in [2.24, 2.45) is 5.92 Å². The molecule has 1 heterocycles. The zero-order valence-electron chi connectivity index (χ0n) is 9.98. The summed E-state index contributed by atoms with van der Waals surface area (Å²) in [4.78, 5) is 4.06. The smallest absolute Gasteiger partial charge is 0.0955 e. The summed E-state index contributed by atoms with van der Waals surface area (Å²) in [6, 6.07) is 0. The summed E-state index contributed by atoms with van der Waals surface area (Å²) in [6.07, 6.45) is 6.28. The summed E-state index contributed by atoms with van der Waals surface area (Å²) in [7, 11) is 0. The van der Waals surface area contributed by atoms with E-state index in [0.29, 0.717) is 5.92 Å². The number of aryl methyl sites for hydroxylation is 1. The lowest BCUT2D eigenvalue weighted by Crippen LogP contribution is -2.06. The van der Waals surface area contributed by atoms with Gasteiger partial charge in [0.15, 0.2) is 0 Å². The Bertz CT molecular complexity index is 281. The van der Waals surface area contributed by atoms with E-state index in [1.165, 1.54) is 6.42 Å². The Morgan fingerprint density at radius 3 is 2.73 bits per heavy atom. The third kappa shape index (κ3) is 3.67.